The summed E-state index contributed by atoms with van der Waals surface area (Å²) in [4.78, 5) is 48.0. The standard InChI is InChI=1S/C21H30N12O8S2/c22-19(27-10-1-4-24-5-10)25-6-11-7-26-32(30-11)8-13-15(17(35)33(13)43(38,39)40)29-16(34)14(12-9-42-20(23)28-12)31-41-21(2-3-21)18(36)37/h7,9-10,13,15,20,24,28H,1-6,8,23H2,(H,29,34)(H,36,37)(H3,22,25,27)(H,38,39,40)/b31-14-. The summed E-state index contributed by atoms with van der Waals surface area (Å²) in [6, 6.07) is -2.62. The summed E-state index contributed by atoms with van der Waals surface area (Å²) >= 11 is 1.11. The first-order valence-electron chi connectivity index (χ1n) is 13.0. The molecular weight excluding hydrogens is 612 g/mol. The molecule has 10 N–H and O–H groups in total. The summed E-state index contributed by atoms with van der Waals surface area (Å²) < 4.78 is 33.8. The SMILES string of the molecule is NC(=NCc1cnn(CC2C(NC(=O)/C(=N\OC3(C(=O)O)CC3)C3=CSC(N)N3)C(=O)N2S(=O)(=O)O)n1)NC1CCNC1. The van der Waals surface area contributed by atoms with Crippen molar-refractivity contribution in [3.8, 4) is 0 Å². The number of carboxylic acids is 1. The number of nitrogens with two attached hydrogens (primary N) is 2. The van der Waals surface area contributed by atoms with Crippen molar-refractivity contribution in [2.75, 3.05) is 13.1 Å². The predicted molar refractivity (Wildman–Crippen MR) is 149 cm³/mol. The van der Waals surface area contributed by atoms with Crippen molar-refractivity contribution in [3.63, 3.8) is 0 Å². The molecule has 20 nitrogen and oxygen atoms in total. The van der Waals surface area contributed by atoms with Gasteiger partial charge in [-0.1, -0.05) is 16.9 Å². The molecule has 4 heterocycles. The van der Waals surface area contributed by atoms with Crippen LogP contribution in [0.1, 0.15) is 25.0 Å². The Labute approximate surface area is 248 Å². The number of aromatic nitrogens is 3. The molecule has 0 radical (unpaired) electrons. The van der Waals surface area contributed by atoms with E-state index < -0.39 is 57.0 Å². The van der Waals surface area contributed by atoms with Crippen LogP contribution in [0.25, 0.3) is 0 Å². The van der Waals surface area contributed by atoms with Crippen LogP contribution in [0.2, 0.25) is 0 Å². The van der Waals surface area contributed by atoms with Crippen LogP contribution in [0.4, 0.5) is 0 Å². The Morgan fingerprint density at radius 2 is 2.09 bits per heavy atom. The Balaban J connectivity index is 1.28. The number of carbonyl (C=O) groups excluding carboxylic acids is 2. The number of amides is 2. The summed E-state index contributed by atoms with van der Waals surface area (Å²) in [6.07, 6.45) is 2.63. The van der Waals surface area contributed by atoms with Crippen molar-refractivity contribution in [2.24, 2.45) is 21.6 Å². The number of aliphatic imine (C=N–C) groups is 1. The van der Waals surface area contributed by atoms with Crippen LogP contribution in [0.15, 0.2) is 27.5 Å². The average Bonchev–Trinajstić information content (AvgIpc) is 3.25. The number of carboxylic acid groups (broad SMARTS) is 1. The highest BCUT2D eigenvalue weighted by atomic mass is 32.2. The number of β-lactam (4-membered cyclic amide) rings is 1. The molecule has 0 aromatic carbocycles. The van der Waals surface area contributed by atoms with Gasteiger partial charge in [0.15, 0.2) is 11.7 Å². The summed E-state index contributed by atoms with van der Waals surface area (Å²) in [6.45, 7) is 1.36. The topological polar surface area (TPSA) is 294 Å². The van der Waals surface area contributed by atoms with Crippen molar-refractivity contribution in [3.05, 3.63) is 23.0 Å². The van der Waals surface area contributed by atoms with Gasteiger partial charge in [0.25, 0.3) is 11.8 Å². The Kier molecular flexibility index (Phi) is 8.47. The van der Waals surface area contributed by atoms with Gasteiger partial charge in [-0.25, -0.2) is 14.1 Å². The molecule has 5 rings (SSSR count). The van der Waals surface area contributed by atoms with Crippen molar-refractivity contribution in [1.82, 2.24) is 40.6 Å². The zero-order valence-corrected chi connectivity index (χ0v) is 24.0. The largest absolute Gasteiger partial charge is 0.478 e. The molecule has 4 atom stereocenters. The normalized spacial score (nSPS) is 26.8. The molecule has 1 aromatic heterocycles. The fraction of sp³-hybridized carbons (Fsp3) is 0.571. The lowest BCUT2D eigenvalue weighted by atomic mass is 9.98. The van der Waals surface area contributed by atoms with Crippen molar-refractivity contribution in [1.29, 1.82) is 0 Å². The lowest BCUT2D eigenvalue weighted by molar-refractivity contribution is -0.153. The molecular formula is C21H30N12O8S2. The quantitative estimate of drug-likeness (QED) is 0.0354. The fourth-order valence-electron chi connectivity index (χ4n) is 4.50. The molecule has 43 heavy (non-hydrogen) atoms. The number of thioether (sulfide) groups is 1. The van der Waals surface area contributed by atoms with E-state index in [4.69, 9.17) is 16.3 Å². The van der Waals surface area contributed by atoms with Crippen LogP contribution in [-0.4, -0.2) is 109 Å². The van der Waals surface area contributed by atoms with E-state index in [0.717, 1.165) is 36.1 Å². The number of carbonyl (C=O) groups is 3. The highest BCUT2D eigenvalue weighted by Gasteiger charge is 2.56. The van der Waals surface area contributed by atoms with Crippen LogP contribution in [0.3, 0.4) is 0 Å². The van der Waals surface area contributed by atoms with E-state index in [1.165, 1.54) is 11.6 Å². The maximum Gasteiger partial charge on any atom is 0.362 e. The summed E-state index contributed by atoms with van der Waals surface area (Å²) in [5.74, 6) is -3.15. The van der Waals surface area contributed by atoms with E-state index in [1.807, 2.05) is 0 Å². The third-order valence-corrected chi connectivity index (χ3v) is 8.70. The predicted octanol–water partition coefficient (Wildman–Crippen LogP) is -4.05. The van der Waals surface area contributed by atoms with Gasteiger partial charge >= 0.3 is 16.3 Å². The number of hydrogen-bond acceptors (Lipinski definition) is 14. The zero-order chi connectivity index (χ0) is 30.9. The molecule has 1 saturated carbocycles. The number of rotatable bonds is 12. The third-order valence-electron chi connectivity index (χ3n) is 6.97. The number of aliphatic carboxylic acids is 1. The van der Waals surface area contributed by atoms with Gasteiger partial charge in [-0.2, -0.15) is 23.4 Å². The molecule has 234 valence electrons. The van der Waals surface area contributed by atoms with Gasteiger partial charge < -0.3 is 42.7 Å². The minimum Gasteiger partial charge on any atom is -0.478 e. The number of guanidine groups is 1. The Bertz CT molecular complexity index is 1480. The molecule has 0 spiro atoms. The Morgan fingerprint density at radius 1 is 1.33 bits per heavy atom. The number of oxime groups is 1. The van der Waals surface area contributed by atoms with E-state index in [9.17, 15) is 32.5 Å². The van der Waals surface area contributed by atoms with E-state index >= 15 is 0 Å². The molecule has 1 aromatic rings. The highest BCUT2D eigenvalue weighted by Crippen LogP contribution is 2.40. The van der Waals surface area contributed by atoms with Crippen LogP contribution in [-0.2, 0) is 42.6 Å². The first-order valence-corrected chi connectivity index (χ1v) is 15.4. The summed E-state index contributed by atoms with van der Waals surface area (Å²) in [5, 5.41) is 34.3. The molecule has 0 bridgehead atoms. The lowest BCUT2D eigenvalue weighted by Crippen LogP contribution is -2.73. The van der Waals surface area contributed by atoms with Gasteiger partial charge in [-0.15, -0.1) is 0 Å². The monoisotopic (exact) mass is 642 g/mol. The second-order valence-electron chi connectivity index (χ2n) is 10.1. The molecule has 22 heteroatoms. The van der Waals surface area contributed by atoms with E-state index in [-0.39, 0.29) is 47.9 Å². The minimum absolute atomic E-state index is 0.0602. The Hall–Kier alpha value is -3.99. The van der Waals surface area contributed by atoms with Gasteiger partial charge in [0.2, 0.25) is 5.60 Å². The van der Waals surface area contributed by atoms with Crippen LogP contribution in [0.5, 0.6) is 0 Å². The highest BCUT2D eigenvalue weighted by molar-refractivity contribution is 8.02. The maximum atomic E-state index is 13.3. The third kappa shape index (κ3) is 6.82. The maximum absolute atomic E-state index is 13.3. The molecule has 3 fully saturated rings. The van der Waals surface area contributed by atoms with Gasteiger partial charge in [0.05, 0.1) is 25.0 Å². The van der Waals surface area contributed by atoms with Crippen LogP contribution >= 0.6 is 11.8 Å². The van der Waals surface area contributed by atoms with E-state index in [2.05, 4.69) is 41.6 Å². The van der Waals surface area contributed by atoms with E-state index in [0.29, 0.717) is 5.69 Å². The van der Waals surface area contributed by atoms with Crippen LogP contribution in [0, 0.1) is 0 Å². The first kappa shape index (κ1) is 30.5. The molecule has 1 aliphatic carbocycles. The second kappa shape index (κ2) is 11.9. The van der Waals surface area contributed by atoms with Crippen molar-refractivity contribution < 1.29 is 37.3 Å². The zero-order valence-electron chi connectivity index (χ0n) is 22.4. The fourth-order valence-corrected chi connectivity index (χ4v) is 6.03. The van der Waals surface area contributed by atoms with Gasteiger partial charge in [0.1, 0.15) is 23.3 Å². The molecule has 2 amide bonds. The smallest absolute Gasteiger partial charge is 0.362 e. The van der Waals surface area contributed by atoms with Crippen molar-refractivity contribution in [2.45, 2.75) is 61.6 Å². The summed E-state index contributed by atoms with van der Waals surface area (Å²) in [5.41, 5.74) is 9.58. The lowest BCUT2D eigenvalue weighted by Gasteiger charge is -2.43. The summed E-state index contributed by atoms with van der Waals surface area (Å²) in [7, 11) is -5.01. The minimum atomic E-state index is -5.01. The molecule has 4 unspecified atom stereocenters. The van der Waals surface area contributed by atoms with Gasteiger partial charge in [0, 0.05) is 30.8 Å². The molecule has 3 aliphatic heterocycles. The van der Waals surface area contributed by atoms with Crippen molar-refractivity contribution >= 4 is 51.5 Å². The second-order valence-corrected chi connectivity index (χ2v) is 12.4. The van der Waals surface area contributed by atoms with Crippen LogP contribution < -0.4 is 32.7 Å². The number of nitrogens with zero attached hydrogens (tertiary/aromatic N) is 6. The Morgan fingerprint density at radius 3 is 2.70 bits per heavy atom. The first-order chi connectivity index (χ1) is 20.4. The molecule has 2 saturated heterocycles. The number of nitrogens with one attached hydrogen (secondary N) is 4. The van der Waals surface area contributed by atoms with E-state index in [1.54, 1.807) is 0 Å². The average molecular weight is 643 g/mol. The number of hydrogen-bond donors (Lipinski definition) is 8. The van der Waals surface area contributed by atoms with Gasteiger partial charge in [-0.3, -0.25) is 14.1 Å². The molecule has 4 aliphatic rings. The van der Waals surface area contributed by atoms with Gasteiger partial charge in [-0.05, 0) is 13.0 Å².